The molecule has 0 heterocycles. The summed E-state index contributed by atoms with van der Waals surface area (Å²) in [5.41, 5.74) is 0.185. The van der Waals surface area contributed by atoms with Gasteiger partial charge in [0.2, 0.25) is 0 Å². The van der Waals surface area contributed by atoms with Crippen molar-refractivity contribution in [1.29, 1.82) is 0 Å². The fourth-order valence-electron chi connectivity index (χ4n) is 1.85. The molecule has 0 unspecified atom stereocenters. The van der Waals surface area contributed by atoms with Crippen LogP contribution in [-0.4, -0.2) is 39.9 Å². The van der Waals surface area contributed by atoms with E-state index in [1.807, 2.05) is 0 Å². The van der Waals surface area contributed by atoms with Gasteiger partial charge in [-0.15, -0.1) is 0 Å². The van der Waals surface area contributed by atoms with Crippen molar-refractivity contribution in [3.63, 3.8) is 0 Å². The van der Waals surface area contributed by atoms with Crippen molar-refractivity contribution in [1.82, 2.24) is 5.32 Å². The molecule has 0 aliphatic carbocycles. The Morgan fingerprint density at radius 3 is 2.29 bits per heavy atom. The third-order valence-corrected chi connectivity index (χ3v) is 3.26. The SMILES string of the molecule is COc1ccc(C[C@H](COS(N)(=O)=O)NC(=O)OC(C)(C)C)cc1. The molecule has 0 fully saturated rings. The number of hydrogen-bond donors (Lipinski definition) is 2. The van der Waals surface area contributed by atoms with Crippen molar-refractivity contribution in [2.45, 2.75) is 38.8 Å². The second kappa shape index (κ2) is 8.32. The van der Waals surface area contributed by atoms with Crippen LogP contribution < -0.4 is 15.2 Å². The standard InChI is InChI=1S/C15H24N2O6S/c1-15(2,3)23-14(18)17-12(10-22-24(16,19)20)9-11-5-7-13(21-4)8-6-11/h5-8,12H,9-10H2,1-4H3,(H,17,18)(H2,16,19,20)/t12-/m1/s1. The zero-order valence-electron chi connectivity index (χ0n) is 14.2. The van der Waals surface area contributed by atoms with E-state index >= 15 is 0 Å². The second-order valence-electron chi connectivity index (χ2n) is 6.17. The molecule has 0 radical (unpaired) electrons. The summed E-state index contributed by atoms with van der Waals surface area (Å²) in [6.45, 7) is 4.88. The van der Waals surface area contributed by atoms with Gasteiger partial charge in [-0.3, -0.25) is 4.18 Å². The van der Waals surface area contributed by atoms with Gasteiger partial charge in [0, 0.05) is 0 Å². The van der Waals surface area contributed by atoms with Gasteiger partial charge in [0.25, 0.3) is 0 Å². The van der Waals surface area contributed by atoms with Gasteiger partial charge in [0.1, 0.15) is 11.4 Å². The first-order valence-electron chi connectivity index (χ1n) is 7.28. The minimum Gasteiger partial charge on any atom is -0.497 e. The molecule has 1 aromatic rings. The molecule has 8 nitrogen and oxygen atoms in total. The molecule has 0 bridgehead atoms. The predicted molar refractivity (Wildman–Crippen MR) is 88.9 cm³/mol. The molecule has 0 saturated carbocycles. The molecular weight excluding hydrogens is 336 g/mol. The van der Waals surface area contributed by atoms with Gasteiger partial charge in [-0.25, -0.2) is 9.93 Å². The molecule has 1 atom stereocenters. The largest absolute Gasteiger partial charge is 0.497 e. The Morgan fingerprint density at radius 1 is 1.25 bits per heavy atom. The lowest BCUT2D eigenvalue weighted by Gasteiger charge is -2.23. The lowest BCUT2D eigenvalue weighted by molar-refractivity contribution is 0.0488. The molecule has 1 amide bonds. The number of hydrogen-bond acceptors (Lipinski definition) is 6. The monoisotopic (exact) mass is 360 g/mol. The van der Waals surface area contributed by atoms with Crippen LogP contribution in [0.25, 0.3) is 0 Å². The minimum absolute atomic E-state index is 0.301. The highest BCUT2D eigenvalue weighted by Gasteiger charge is 2.21. The first-order valence-corrected chi connectivity index (χ1v) is 8.75. The number of ether oxygens (including phenoxy) is 2. The normalized spacial score (nSPS) is 13.2. The van der Waals surface area contributed by atoms with Gasteiger partial charge in [-0.2, -0.15) is 8.42 Å². The Hall–Kier alpha value is -1.84. The zero-order chi connectivity index (χ0) is 18.4. The minimum atomic E-state index is -4.11. The highest BCUT2D eigenvalue weighted by Crippen LogP contribution is 2.13. The van der Waals surface area contributed by atoms with E-state index in [0.29, 0.717) is 12.2 Å². The van der Waals surface area contributed by atoms with E-state index in [4.69, 9.17) is 14.6 Å². The lowest BCUT2D eigenvalue weighted by atomic mass is 10.1. The summed E-state index contributed by atoms with van der Waals surface area (Å²) in [6, 6.07) is 6.51. The quantitative estimate of drug-likeness (QED) is 0.758. The van der Waals surface area contributed by atoms with Gasteiger partial charge in [0.15, 0.2) is 0 Å². The van der Waals surface area contributed by atoms with Gasteiger partial charge in [-0.05, 0) is 44.9 Å². The number of rotatable bonds is 7. The average Bonchev–Trinajstić information content (AvgIpc) is 2.42. The summed E-state index contributed by atoms with van der Waals surface area (Å²) in [5.74, 6) is 0.691. The molecule has 0 aliphatic rings. The lowest BCUT2D eigenvalue weighted by Crippen LogP contribution is -2.43. The summed E-state index contributed by atoms with van der Waals surface area (Å²) >= 11 is 0. The van der Waals surface area contributed by atoms with Crippen LogP contribution in [0.4, 0.5) is 4.79 Å². The van der Waals surface area contributed by atoms with Crippen molar-refractivity contribution in [2.75, 3.05) is 13.7 Å². The fraction of sp³-hybridized carbons (Fsp3) is 0.533. The van der Waals surface area contributed by atoms with Gasteiger partial charge in [0.05, 0.1) is 19.8 Å². The summed E-state index contributed by atoms with van der Waals surface area (Å²) in [4.78, 5) is 11.9. The summed E-state index contributed by atoms with van der Waals surface area (Å²) < 4.78 is 36.8. The maximum atomic E-state index is 11.9. The van der Waals surface area contributed by atoms with Gasteiger partial charge < -0.3 is 14.8 Å². The molecule has 1 rings (SSSR count). The first kappa shape index (κ1) is 20.2. The number of methoxy groups -OCH3 is 1. The summed E-state index contributed by atoms with van der Waals surface area (Å²) in [5, 5.41) is 7.42. The van der Waals surface area contributed by atoms with Crippen molar-refractivity contribution in [3.8, 4) is 5.75 Å². The third kappa shape index (κ3) is 8.70. The smallest absolute Gasteiger partial charge is 0.407 e. The van der Waals surface area contributed by atoms with Crippen LogP contribution in [0, 0.1) is 0 Å². The molecule has 0 saturated heterocycles. The number of alkyl carbamates (subject to hydrolysis) is 1. The first-order chi connectivity index (χ1) is 11.0. The molecule has 0 spiro atoms. The van der Waals surface area contributed by atoms with Crippen LogP contribution in [0.15, 0.2) is 24.3 Å². The van der Waals surface area contributed by atoms with Gasteiger partial charge in [-0.1, -0.05) is 12.1 Å². The van der Waals surface area contributed by atoms with Crippen LogP contribution in [0.3, 0.4) is 0 Å². The van der Waals surface area contributed by atoms with E-state index < -0.39 is 28.0 Å². The number of carbonyl (C=O) groups excluding carboxylic acids is 1. The van der Waals surface area contributed by atoms with E-state index in [9.17, 15) is 13.2 Å². The van der Waals surface area contributed by atoms with Crippen LogP contribution in [0.5, 0.6) is 5.75 Å². The topological polar surface area (TPSA) is 117 Å². The van der Waals surface area contributed by atoms with E-state index in [-0.39, 0.29) is 6.61 Å². The number of nitrogens with one attached hydrogen (secondary N) is 1. The zero-order valence-corrected chi connectivity index (χ0v) is 15.1. The molecule has 1 aromatic carbocycles. The van der Waals surface area contributed by atoms with E-state index in [1.165, 1.54) is 0 Å². The summed E-state index contributed by atoms with van der Waals surface area (Å²) in [7, 11) is -2.55. The number of carbonyl (C=O) groups is 1. The maximum Gasteiger partial charge on any atom is 0.407 e. The molecule has 0 aliphatic heterocycles. The van der Waals surface area contributed by atoms with Gasteiger partial charge >= 0.3 is 16.4 Å². The Labute approximate surface area is 142 Å². The van der Waals surface area contributed by atoms with Crippen molar-refractivity contribution < 1.29 is 26.9 Å². The van der Waals surface area contributed by atoms with Crippen molar-refractivity contribution >= 4 is 16.4 Å². The van der Waals surface area contributed by atoms with E-state index in [1.54, 1.807) is 52.1 Å². The van der Waals surface area contributed by atoms with Crippen LogP contribution in [0.2, 0.25) is 0 Å². The average molecular weight is 360 g/mol. The second-order valence-corrected chi connectivity index (χ2v) is 7.39. The highest BCUT2D eigenvalue weighted by molar-refractivity contribution is 7.84. The van der Waals surface area contributed by atoms with Crippen LogP contribution in [-0.2, 0) is 25.6 Å². The fourth-order valence-corrected chi connectivity index (χ4v) is 2.20. The molecule has 0 aromatic heterocycles. The van der Waals surface area contributed by atoms with Crippen molar-refractivity contribution in [3.05, 3.63) is 29.8 Å². The number of benzene rings is 1. The maximum absolute atomic E-state index is 11.9. The Kier molecular flexibility index (Phi) is 7.00. The van der Waals surface area contributed by atoms with Crippen LogP contribution in [0.1, 0.15) is 26.3 Å². The number of nitrogens with two attached hydrogens (primary N) is 1. The van der Waals surface area contributed by atoms with Crippen molar-refractivity contribution in [2.24, 2.45) is 5.14 Å². The Morgan fingerprint density at radius 2 is 1.83 bits per heavy atom. The molecular formula is C15H24N2O6S. The molecule has 24 heavy (non-hydrogen) atoms. The Balaban J connectivity index is 2.77. The van der Waals surface area contributed by atoms with Crippen LogP contribution >= 0.6 is 0 Å². The molecule has 136 valence electrons. The van der Waals surface area contributed by atoms with E-state index in [2.05, 4.69) is 9.50 Å². The predicted octanol–water partition coefficient (Wildman–Crippen LogP) is 1.35. The molecule has 9 heteroatoms. The van der Waals surface area contributed by atoms with E-state index in [0.717, 1.165) is 5.56 Å². The Bertz CT molecular complexity index is 637. The molecule has 3 N–H and O–H groups in total. The summed E-state index contributed by atoms with van der Waals surface area (Å²) in [6.07, 6.45) is -0.335. The third-order valence-electron chi connectivity index (χ3n) is 2.80. The highest BCUT2D eigenvalue weighted by atomic mass is 32.2. The number of amides is 1.